The molecule has 0 aromatic carbocycles. The summed E-state index contributed by atoms with van der Waals surface area (Å²) in [5.41, 5.74) is 2.15. The summed E-state index contributed by atoms with van der Waals surface area (Å²) in [6.45, 7) is 1.16. The van der Waals surface area contributed by atoms with Crippen LogP contribution < -0.4 is 11.3 Å². The molecule has 1 atom stereocenters. The van der Waals surface area contributed by atoms with Crippen molar-refractivity contribution in [2.24, 2.45) is 5.84 Å². The van der Waals surface area contributed by atoms with E-state index in [-0.39, 0.29) is 5.91 Å². The predicted octanol–water partition coefficient (Wildman–Crippen LogP) is -0.149. The number of likely N-dealkylation sites (tertiary alicyclic amines) is 1. The van der Waals surface area contributed by atoms with Crippen LogP contribution in [0, 0.1) is 0 Å². The summed E-state index contributed by atoms with van der Waals surface area (Å²) in [7, 11) is 2.11. The number of hydrogen-bond acceptors (Lipinski definition) is 3. The Kier molecular flexibility index (Phi) is 3.49. The largest absolute Gasteiger partial charge is 0.303 e. The molecule has 0 saturated carbocycles. The molecule has 70 valence electrons. The summed E-state index contributed by atoms with van der Waals surface area (Å²) in [5.74, 6) is 4.92. The Bertz CT molecular complexity index is 160. The number of nitrogens with two attached hydrogens (primary N) is 1. The van der Waals surface area contributed by atoms with Gasteiger partial charge in [0.15, 0.2) is 0 Å². The topological polar surface area (TPSA) is 58.4 Å². The second-order valence-electron chi connectivity index (χ2n) is 3.38. The molecule has 1 aliphatic heterocycles. The van der Waals surface area contributed by atoms with Gasteiger partial charge in [-0.1, -0.05) is 0 Å². The molecule has 4 nitrogen and oxygen atoms in total. The normalized spacial score (nSPS) is 24.3. The third-order valence-corrected chi connectivity index (χ3v) is 2.54. The molecule has 12 heavy (non-hydrogen) atoms. The van der Waals surface area contributed by atoms with Gasteiger partial charge in [-0.15, -0.1) is 0 Å². The molecule has 1 amide bonds. The number of nitrogens with zero attached hydrogens (tertiary/aromatic N) is 1. The smallest absolute Gasteiger partial charge is 0.233 e. The third-order valence-electron chi connectivity index (χ3n) is 2.54. The minimum atomic E-state index is -0.0599. The first-order valence-corrected chi connectivity index (χ1v) is 4.43. The van der Waals surface area contributed by atoms with Crippen LogP contribution in [0.3, 0.4) is 0 Å². The highest BCUT2D eigenvalue weighted by molar-refractivity contribution is 5.75. The quantitative estimate of drug-likeness (QED) is 0.353. The zero-order valence-corrected chi connectivity index (χ0v) is 7.55. The summed E-state index contributed by atoms with van der Waals surface area (Å²) in [4.78, 5) is 13.1. The van der Waals surface area contributed by atoms with Crippen LogP contribution in [0.5, 0.6) is 0 Å². The van der Waals surface area contributed by atoms with E-state index < -0.39 is 0 Å². The van der Waals surface area contributed by atoms with Crippen LogP contribution in [0.4, 0.5) is 0 Å². The first kappa shape index (κ1) is 9.48. The second kappa shape index (κ2) is 4.42. The fourth-order valence-electron chi connectivity index (χ4n) is 1.71. The number of nitrogens with one attached hydrogen (secondary N) is 1. The van der Waals surface area contributed by atoms with Crippen molar-refractivity contribution in [2.45, 2.75) is 31.7 Å². The lowest BCUT2D eigenvalue weighted by atomic mass is 10.1. The van der Waals surface area contributed by atoms with Crippen molar-refractivity contribution < 1.29 is 4.79 Å². The van der Waals surface area contributed by atoms with Crippen molar-refractivity contribution in [1.82, 2.24) is 10.3 Å². The Morgan fingerprint density at radius 1 is 1.75 bits per heavy atom. The van der Waals surface area contributed by atoms with Crippen molar-refractivity contribution in [3.8, 4) is 0 Å². The molecule has 0 aromatic rings. The Balaban J connectivity index is 2.18. The van der Waals surface area contributed by atoms with E-state index in [0.717, 1.165) is 13.0 Å². The van der Waals surface area contributed by atoms with Crippen molar-refractivity contribution >= 4 is 5.91 Å². The monoisotopic (exact) mass is 171 g/mol. The summed E-state index contributed by atoms with van der Waals surface area (Å²) < 4.78 is 0. The molecule has 1 fully saturated rings. The first-order chi connectivity index (χ1) is 5.74. The lowest BCUT2D eigenvalue weighted by Crippen LogP contribution is -2.32. The molecule has 1 unspecified atom stereocenters. The Morgan fingerprint density at radius 3 is 3.00 bits per heavy atom. The van der Waals surface area contributed by atoms with Crippen LogP contribution in [-0.4, -0.2) is 30.4 Å². The van der Waals surface area contributed by atoms with E-state index in [9.17, 15) is 4.79 Å². The molecule has 1 saturated heterocycles. The van der Waals surface area contributed by atoms with Gasteiger partial charge in [0.1, 0.15) is 0 Å². The van der Waals surface area contributed by atoms with Crippen molar-refractivity contribution in [1.29, 1.82) is 0 Å². The minimum Gasteiger partial charge on any atom is -0.303 e. The summed E-state index contributed by atoms with van der Waals surface area (Å²) in [6.07, 6.45) is 3.95. The maximum absolute atomic E-state index is 10.8. The predicted molar refractivity (Wildman–Crippen MR) is 47.2 cm³/mol. The van der Waals surface area contributed by atoms with Gasteiger partial charge in [-0.25, -0.2) is 5.84 Å². The highest BCUT2D eigenvalue weighted by Gasteiger charge is 2.20. The highest BCUT2D eigenvalue weighted by atomic mass is 16.2. The number of hydrogen-bond donors (Lipinski definition) is 2. The lowest BCUT2D eigenvalue weighted by molar-refractivity contribution is -0.121. The molecule has 4 heteroatoms. The van der Waals surface area contributed by atoms with Gasteiger partial charge in [-0.2, -0.15) is 0 Å². The molecule has 0 aromatic heterocycles. The number of hydrazine groups is 1. The first-order valence-electron chi connectivity index (χ1n) is 4.43. The SMILES string of the molecule is CN1CCCC1CCC(=O)NN. The fraction of sp³-hybridized carbons (Fsp3) is 0.875. The zero-order valence-electron chi connectivity index (χ0n) is 7.55. The van der Waals surface area contributed by atoms with Gasteiger partial charge in [-0.05, 0) is 32.9 Å². The fourth-order valence-corrected chi connectivity index (χ4v) is 1.71. The molecule has 1 rings (SSSR count). The van der Waals surface area contributed by atoms with Gasteiger partial charge in [0.2, 0.25) is 5.91 Å². The van der Waals surface area contributed by atoms with Gasteiger partial charge >= 0.3 is 0 Å². The molecule has 3 N–H and O–H groups in total. The Hall–Kier alpha value is -0.610. The zero-order chi connectivity index (χ0) is 8.97. The average molecular weight is 171 g/mol. The lowest BCUT2D eigenvalue weighted by Gasteiger charge is -2.18. The number of carbonyl (C=O) groups excluding carboxylic acids is 1. The van der Waals surface area contributed by atoms with Crippen LogP contribution >= 0.6 is 0 Å². The Morgan fingerprint density at radius 2 is 2.50 bits per heavy atom. The van der Waals surface area contributed by atoms with Gasteiger partial charge in [0.05, 0.1) is 0 Å². The molecule has 0 aliphatic carbocycles. The highest BCUT2D eigenvalue weighted by Crippen LogP contribution is 2.18. The molecule has 0 bridgehead atoms. The summed E-state index contributed by atoms with van der Waals surface area (Å²) >= 11 is 0. The molecule has 1 heterocycles. The second-order valence-corrected chi connectivity index (χ2v) is 3.38. The molecule has 1 aliphatic rings. The van der Waals surface area contributed by atoms with E-state index in [1.54, 1.807) is 0 Å². The third kappa shape index (κ3) is 2.46. The van der Waals surface area contributed by atoms with Gasteiger partial charge < -0.3 is 4.90 Å². The van der Waals surface area contributed by atoms with Crippen molar-refractivity contribution in [3.63, 3.8) is 0 Å². The number of rotatable bonds is 3. The van der Waals surface area contributed by atoms with E-state index in [4.69, 9.17) is 5.84 Å². The van der Waals surface area contributed by atoms with Crippen molar-refractivity contribution in [2.75, 3.05) is 13.6 Å². The van der Waals surface area contributed by atoms with Crippen LogP contribution in [0.1, 0.15) is 25.7 Å². The van der Waals surface area contributed by atoms with E-state index in [2.05, 4.69) is 17.4 Å². The molecule has 0 radical (unpaired) electrons. The summed E-state index contributed by atoms with van der Waals surface area (Å²) in [5, 5.41) is 0. The molecular formula is C8H17N3O. The van der Waals surface area contributed by atoms with Gasteiger partial charge in [0, 0.05) is 12.5 Å². The molecular weight excluding hydrogens is 154 g/mol. The van der Waals surface area contributed by atoms with Crippen LogP contribution in [0.15, 0.2) is 0 Å². The number of amides is 1. The van der Waals surface area contributed by atoms with Gasteiger partial charge in [0.25, 0.3) is 0 Å². The van der Waals surface area contributed by atoms with Crippen LogP contribution in [0.2, 0.25) is 0 Å². The van der Waals surface area contributed by atoms with Crippen LogP contribution in [-0.2, 0) is 4.79 Å². The minimum absolute atomic E-state index is 0.0599. The maximum Gasteiger partial charge on any atom is 0.233 e. The van der Waals surface area contributed by atoms with E-state index in [1.165, 1.54) is 12.8 Å². The number of carbonyl (C=O) groups is 1. The van der Waals surface area contributed by atoms with Crippen molar-refractivity contribution in [3.05, 3.63) is 0 Å². The van der Waals surface area contributed by atoms with E-state index in [1.807, 2.05) is 0 Å². The van der Waals surface area contributed by atoms with E-state index >= 15 is 0 Å². The Labute approximate surface area is 73.1 Å². The summed E-state index contributed by atoms with van der Waals surface area (Å²) in [6, 6.07) is 0.585. The molecule has 0 spiro atoms. The average Bonchev–Trinajstić information content (AvgIpc) is 2.47. The maximum atomic E-state index is 10.8. The van der Waals surface area contributed by atoms with Gasteiger partial charge in [-0.3, -0.25) is 10.2 Å². The van der Waals surface area contributed by atoms with E-state index in [0.29, 0.717) is 12.5 Å². The standard InChI is InChI=1S/C8H17N3O/c1-11-6-2-3-7(11)4-5-8(12)10-9/h7H,2-6,9H2,1H3,(H,10,12). The van der Waals surface area contributed by atoms with Crippen LogP contribution in [0.25, 0.3) is 0 Å².